The van der Waals surface area contributed by atoms with Crippen LogP contribution in [0.1, 0.15) is 45.4 Å². The van der Waals surface area contributed by atoms with Gasteiger partial charge in [-0.3, -0.25) is 14.9 Å². The van der Waals surface area contributed by atoms with Gasteiger partial charge >= 0.3 is 0 Å². The molecule has 0 amide bonds. The number of nitrogens with zero attached hydrogens (tertiary/aromatic N) is 1. The fraction of sp³-hybridized carbons (Fsp3) is 0.600. The summed E-state index contributed by atoms with van der Waals surface area (Å²) in [6.07, 6.45) is 6.01. The number of benzene rings is 1. The fourth-order valence-corrected chi connectivity index (χ4v) is 5.71. The molecule has 2 aliphatic rings. The summed E-state index contributed by atoms with van der Waals surface area (Å²) in [6.45, 7) is 2.06. The summed E-state index contributed by atoms with van der Waals surface area (Å²) < 4.78 is 26.0. The first kappa shape index (κ1) is 23.0. The lowest BCUT2D eigenvalue weighted by atomic mass is 9.75. The second-order valence-corrected chi connectivity index (χ2v) is 10.7. The van der Waals surface area contributed by atoms with Gasteiger partial charge in [0.2, 0.25) is 21.6 Å². The van der Waals surface area contributed by atoms with Crippen molar-refractivity contribution >= 4 is 38.9 Å². The number of rotatable bonds is 7. The Balaban J connectivity index is 1.88. The average molecular weight is 458 g/mol. The van der Waals surface area contributed by atoms with Crippen LogP contribution in [-0.4, -0.2) is 61.1 Å². The van der Waals surface area contributed by atoms with E-state index < -0.39 is 44.3 Å². The van der Waals surface area contributed by atoms with Crippen LogP contribution in [0.3, 0.4) is 0 Å². The maximum absolute atomic E-state index is 12.5. The molecule has 3 N–H and O–H groups in total. The van der Waals surface area contributed by atoms with Gasteiger partial charge in [-0.15, -0.1) is 0 Å². The quantitative estimate of drug-likeness (QED) is 0.425. The summed E-state index contributed by atoms with van der Waals surface area (Å²) in [5.41, 5.74) is -0.160. The molecule has 2 saturated carbocycles. The summed E-state index contributed by atoms with van der Waals surface area (Å²) in [7, 11) is -1.36. The van der Waals surface area contributed by atoms with Crippen LogP contribution in [0.5, 0.6) is 5.75 Å². The molecule has 2 aliphatic carbocycles. The lowest BCUT2D eigenvalue weighted by Crippen LogP contribution is -2.71. The maximum Gasteiger partial charge on any atom is 0.247 e. The first-order valence-electron chi connectivity index (χ1n) is 10.1. The molecule has 8 nitrogen and oxygen atoms in total. The highest BCUT2D eigenvalue weighted by molar-refractivity contribution is 7.89. The standard InChI is InChI=1S/C20H28ClN3O5S/c1-4-20(10-6-5-7-11-20)23-15-14(17(26)18(15)27)22-13-9-8-12(21)19(16(13)25)30(28,29)24(2)3/h8-9,14-15,22-23,25H,4-7,10-11H2,1-3H3. The first-order chi connectivity index (χ1) is 14.0. The summed E-state index contributed by atoms with van der Waals surface area (Å²) in [5, 5.41) is 16.7. The van der Waals surface area contributed by atoms with E-state index in [1.165, 1.54) is 26.2 Å². The number of carbonyl (C=O) groups excluding carboxylic acids is 2. The predicted octanol–water partition coefficient (Wildman–Crippen LogP) is 2.30. The molecule has 2 fully saturated rings. The number of ketones is 2. The van der Waals surface area contributed by atoms with Crippen LogP contribution in [0.25, 0.3) is 0 Å². The minimum absolute atomic E-state index is 0.0340. The third-order valence-corrected chi connectivity index (χ3v) is 8.54. The van der Waals surface area contributed by atoms with Gasteiger partial charge in [-0.2, -0.15) is 0 Å². The fourth-order valence-electron chi connectivity index (χ4n) is 4.23. The number of Topliss-reactive ketones (excluding diaryl/α,β-unsaturated/α-hetero) is 2. The van der Waals surface area contributed by atoms with Crippen molar-refractivity contribution in [2.24, 2.45) is 0 Å². The Labute approximate surface area is 182 Å². The van der Waals surface area contributed by atoms with Gasteiger partial charge in [0.1, 0.15) is 17.0 Å². The number of hydrogen-bond acceptors (Lipinski definition) is 7. The Bertz CT molecular complexity index is 957. The smallest absolute Gasteiger partial charge is 0.247 e. The van der Waals surface area contributed by atoms with Gasteiger partial charge in [-0.05, 0) is 31.4 Å². The average Bonchev–Trinajstić information content (AvgIpc) is 2.72. The SMILES string of the molecule is CCC1(NC2C(=O)C(=O)C2Nc2ccc(Cl)c(S(=O)(=O)N(C)C)c2O)CCCCC1. The van der Waals surface area contributed by atoms with E-state index in [1.807, 2.05) is 0 Å². The van der Waals surface area contributed by atoms with Crippen LogP contribution in [0, 0.1) is 0 Å². The third-order valence-electron chi connectivity index (χ3n) is 6.22. The number of phenolic OH excluding ortho intramolecular Hbond substituents is 1. The van der Waals surface area contributed by atoms with Crippen molar-refractivity contribution in [1.29, 1.82) is 0 Å². The Morgan fingerprint density at radius 2 is 1.73 bits per heavy atom. The zero-order valence-electron chi connectivity index (χ0n) is 17.4. The molecule has 10 heteroatoms. The molecule has 0 heterocycles. The molecule has 2 unspecified atom stereocenters. The Hall–Kier alpha value is -1.68. The molecule has 1 aromatic rings. The minimum atomic E-state index is -4.02. The minimum Gasteiger partial charge on any atom is -0.504 e. The van der Waals surface area contributed by atoms with Gasteiger partial charge in [0.15, 0.2) is 5.75 Å². The van der Waals surface area contributed by atoms with Crippen LogP contribution >= 0.6 is 11.6 Å². The van der Waals surface area contributed by atoms with Gasteiger partial charge in [-0.1, -0.05) is 37.8 Å². The number of carbonyl (C=O) groups is 2. The number of aromatic hydroxyl groups is 1. The largest absolute Gasteiger partial charge is 0.504 e. The molecule has 0 aliphatic heterocycles. The van der Waals surface area contributed by atoms with Crippen LogP contribution in [-0.2, 0) is 19.6 Å². The molecule has 3 rings (SSSR count). The van der Waals surface area contributed by atoms with E-state index in [9.17, 15) is 23.1 Å². The summed E-state index contributed by atoms with van der Waals surface area (Å²) in [6, 6.07) is 1.13. The Kier molecular flexibility index (Phi) is 6.48. The molecule has 1 aromatic carbocycles. The molecular weight excluding hydrogens is 430 g/mol. The van der Waals surface area contributed by atoms with E-state index in [-0.39, 0.29) is 16.2 Å². The van der Waals surface area contributed by atoms with Crippen molar-refractivity contribution in [3.05, 3.63) is 17.2 Å². The van der Waals surface area contributed by atoms with E-state index >= 15 is 0 Å². The number of halogens is 1. The summed E-state index contributed by atoms with van der Waals surface area (Å²) >= 11 is 6.03. The highest BCUT2D eigenvalue weighted by Gasteiger charge is 2.52. The van der Waals surface area contributed by atoms with Crippen molar-refractivity contribution in [3.8, 4) is 5.75 Å². The highest BCUT2D eigenvalue weighted by Crippen LogP contribution is 2.39. The van der Waals surface area contributed by atoms with Gasteiger partial charge < -0.3 is 10.4 Å². The Morgan fingerprint density at radius 1 is 1.13 bits per heavy atom. The zero-order chi connectivity index (χ0) is 22.3. The topological polar surface area (TPSA) is 116 Å². The normalized spacial score (nSPS) is 24.0. The lowest BCUT2D eigenvalue weighted by Gasteiger charge is -2.45. The van der Waals surface area contributed by atoms with Crippen LogP contribution in [0.15, 0.2) is 17.0 Å². The third kappa shape index (κ3) is 3.95. The highest BCUT2D eigenvalue weighted by atomic mass is 35.5. The lowest BCUT2D eigenvalue weighted by molar-refractivity contribution is -0.146. The van der Waals surface area contributed by atoms with Gasteiger partial charge in [-0.25, -0.2) is 12.7 Å². The van der Waals surface area contributed by atoms with Crippen LogP contribution in [0.2, 0.25) is 5.02 Å². The van der Waals surface area contributed by atoms with Crippen molar-refractivity contribution in [2.45, 2.75) is 68.0 Å². The Morgan fingerprint density at radius 3 is 2.30 bits per heavy atom. The number of phenols is 1. The maximum atomic E-state index is 12.5. The predicted molar refractivity (Wildman–Crippen MR) is 114 cm³/mol. The van der Waals surface area contributed by atoms with Gasteiger partial charge in [0.25, 0.3) is 0 Å². The van der Waals surface area contributed by atoms with E-state index in [4.69, 9.17) is 11.6 Å². The number of nitrogens with one attached hydrogen (secondary N) is 2. The molecule has 2 atom stereocenters. The van der Waals surface area contributed by atoms with Crippen molar-refractivity contribution in [2.75, 3.05) is 19.4 Å². The van der Waals surface area contributed by atoms with Crippen molar-refractivity contribution < 1.29 is 23.1 Å². The molecular formula is C20H28ClN3O5S. The molecule has 0 bridgehead atoms. The molecule has 0 saturated heterocycles. The van der Waals surface area contributed by atoms with E-state index in [0.29, 0.717) is 0 Å². The molecule has 30 heavy (non-hydrogen) atoms. The number of hydrogen-bond donors (Lipinski definition) is 3. The van der Waals surface area contributed by atoms with Gasteiger partial charge in [0, 0.05) is 19.6 Å². The van der Waals surface area contributed by atoms with E-state index in [1.54, 1.807) is 0 Å². The van der Waals surface area contributed by atoms with Crippen molar-refractivity contribution in [1.82, 2.24) is 9.62 Å². The van der Waals surface area contributed by atoms with Crippen molar-refractivity contribution in [3.63, 3.8) is 0 Å². The first-order valence-corrected chi connectivity index (χ1v) is 11.9. The second-order valence-electron chi connectivity index (χ2n) is 8.23. The monoisotopic (exact) mass is 457 g/mol. The molecule has 0 aromatic heterocycles. The molecule has 0 radical (unpaired) electrons. The second kappa shape index (κ2) is 8.45. The molecule has 166 valence electrons. The number of sulfonamides is 1. The summed E-state index contributed by atoms with van der Waals surface area (Å²) in [5.74, 6) is -1.67. The van der Waals surface area contributed by atoms with Crippen LogP contribution < -0.4 is 10.6 Å². The number of anilines is 1. The molecule has 0 spiro atoms. The van der Waals surface area contributed by atoms with E-state index in [0.717, 1.165) is 42.8 Å². The van der Waals surface area contributed by atoms with Gasteiger partial charge in [0.05, 0.1) is 10.7 Å². The van der Waals surface area contributed by atoms with Crippen LogP contribution in [0.4, 0.5) is 5.69 Å². The van der Waals surface area contributed by atoms with E-state index in [2.05, 4.69) is 17.6 Å². The summed E-state index contributed by atoms with van der Waals surface area (Å²) in [4.78, 5) is 24.2. The zero-order valence-corrected chi connectivity index (χ0v) is 18.9.